The van der Waals surface area contributed by atoms with Crippen molar-refractivity contribution < 1.29 is 19.1 Å². The maximum absolute atomic E-state index is 13.0. The van der Waals surface area contributed by atoms with Crippen LogP contribution in [0.15, 0.2) is 16.6 Å². The third-order valence-electron chi connectivity index (χ3n) is 3.71. The van der Waals surface area contributed by atoms with Gasteiger partial charge >= 0.3 is 0 Å². The largest absolute Gasteiger partial charge is 0.493 e. The van der Waals surface area contributed by atoms with Crippen molar-refractivity contribution in [3.05, 3.63) is 22.2 Å². The van der Waals surface area contributed by atoms with E-state index in [1.165, 1.54) is 7.11 Å². The smallest absolute Gasteiger partial charge is 0.255 e. The van der Waals surface area contributed by atoms with E-state index in [-0.39, 0.29) is 17.4 Å². The molecule has 1 N–H and O–H groups in total. The van der Waals surface area contributed by atoms with Gasteiger partial charge in [-0.3, -0.25) is 9.59 Å². The molecule has 8 heteroatoms. The average molecular weight is 445 g/mol. The molecule has 0 aromatic heterocycles. The Morgan fingerprint density at radius 3 is 2.65 bits per heavy atom. The van der Waals surface area contributed by atoms with Crippen LogP contribution in [0, 0.1) is 0 Å². The molecule has 0 bridgehead atoms. The van der Waals surface area contributed by atoms with Crippen molar-refractivity contribution in [1.29, 1.82) is 0 Å². The van der Waals surface area contributed by atoms with E-state index >= 15 is 0 Å². The van der Waals surface area contributed by atoms with E-state index in [9.17, 15) is 9.59 Å². The zero-order valence-corrected chi connectivity index (χ0v) is 18.1. The molecule has 0 aliphatic carbocycles. The number of methoxy groups -OCH3 is 1. The Morgan fingerprint density at radius 2 is 2.08 bits per heavy atom. The summed E-state index contributed by atoms with van der Waals surface area (Å²) in [6.45, 7) is 8.14. The highest BCUT2D eigenvalue weighted by Gasteiger charge is 2.36. The molecule has 1 saturated heterocycles. The minimum absolute atomic E-state index is 0.132. The molecule has 1 atom stereocenters. The van der Waals surface area contributed by atoms with Gasteiger partial charge in [-0.25, -0.2) is 0 Å². The Hall–Kier alpha value is -1.41. The average Bonchev–Trinajstić information content (AvgIpc) is 3.04. The summed E-state index contributed by atoms with van der Waals surface area (Å²) in [5.74, 6) is 1.77. The maximum Gasteiger partial charge on any atom is 0.255 e. The highest BCUT2D eigenvalue weighted by molar-refractivity contribution is 9.10. The van der Waals surface area contributed by atoms with Gasteiger partial charge in [-0.1, -0.05) is 0 Å². The van der Waals surface area contributed by atoms with Crippen LogP contribution in [0.5, 0.6) is 11.5 Å². The van der Waals surface area contributed by atoms with Crippen molar-refractivity contribution in [3.63, 3.8) is 0 Å². The number of rotatable bonds is 5. The Kier molecular flexibility index (Phi) is 6.85. The first-order valence-electron chi connectivity index (χ1n) is 8.39. The van der Waals surface area contributed by atoms with Crippen LogP contribution in [-0.2, 0) is 4.79 Å². The lowest BCUT2D eigenvalue weighted by atomic mass is 10.1. The fourth-order valence-electron chi connectivity index (χ4n) is 2.61. The SMILES string of the molecule is CCOc1c(Br)cc(C(=O)N2CSCC2C(=O)NC(C)(C)C)cc1OC. The van der Waals surface area contributed by atoms with Crippen LogP contribution in [-0.4, -0.2) is 53.6 Å². The zero-order valence-electron chi connectivity index (χ0n) is 15.7. The Morgan fingerprint density at radius 1 is 1.38 bits per heavy atom. The number of carbonyl (C=O) groups is 2. The van der Waals surface area contributed by atoms with Crippen LogP contribution in [0.4, 0.5) is 0 Å². The van der Waals surface area contributed by atoms with Gasteiger partial charge in [0.25, 0.3) is 5.91 Å². The first-order chi connectivity index (χ1) is 12.2. The van der Waals surface area contributed by atoms with Crippen LogP contribution in [0.3, 0.4) is 0 Å². The van der Waals surface area contributed by atoms with Crippen LogP contribution in [0.2, 0.25) is 0 Å². The van der Waals surface area contributed by atoms with Crippen molar-refractivity contribution in [3.8, 4) is 11.5 Å². The predicted molar refractivity (Wildman–Crippen MR) is 107 cm³/mol. The fourth-order valence-corrected chi connectivity index (χ4v) is 4.32. The molecule has 26 heavy (non-hydrogen) atoms. The lowest BCUT2D eigenvalue weighted by Gasteiger charge is -2.28. The summed E-state index contributed by atoms with van der Waals surface area (Å²) < 4.78 is 11.6. The van der Waals surface area contributed by atoms with Crippen molar-refractivity contribution in [2.24, 2.45) is 0 Å². The number of hydrogen-bond acceptors (Lipinski definition) is 5. The van der Waals surface area contributed by atoms with Gasteiger partial charge in [-0.15, -0.1) is 11.8 Å². The summed E-state index contributed by atoms with van der Waals surface area (Å²) in [6, 6.07) is 2.88. The van der Waals surface area contributed by atoms with E-state index in [4.69, 9.17) is 9.47 Å². The van der Waals surface area contributed by atoms with Crippen LogP contribution < -0.4 is 14.8 Å². The van der Waals surface area contributed by atoms with Crippen LogP contribution in [0.25, 0.3) is 0 Å². The number of ether oxygens (including phenoxy) is 2. The van der Waals surface area contributed by atoms with E-state index in [1.54, 1.807) is 28.8 Å². The molecule has 1 aliphatic rings. The molecule has 144 valence electrons. The normalized spacial score (nSPS) is 17.2. The Labute approximate surface area is 167 Å². The van der Waals surface area contributed by atoms with Gasteiger partial charge in [-0.05, 0) is 55.8 Å². The first-order valence-corrected chi connectivity index (χ1v) is 10.3. The van der Waals surface area contributed by atoms with Gasteiger partial charge in [-0.2, -0.15) is 0 Å². The molecule has 1 aromatic rings. The number of nitrogens with one attached hydrogen (secondary N) is 1. The number of nitrogens with zero attached hydrogens (tertiary/aromatic N) is 1. The second-order valence-electron chi connectivity index (χ2n) is 6.95. The molecule has 1 unspecified atom stereocenters. The summed E-state index contributed by atoms with van der Waals surface area (Å²) in [4.78, 5) is 27.2. The van der Waals surface area contributed by atoms with E-state index in [2.05, 4.69) is 21.2 Å². The number of thioether (sulfide) groups is 1. The van der Waals surface area contributed by atoms with E-state index in [1.807, 2.05) is 27.7 Å². The van der Waals surface area contributed by atoms with Crippen LogP contribution in [0.1, 0.15) is 38.1 Å². The Bertz CT molecular complexity index is 691. The van der Waals surface area contributed by atoms with Gasteiger partial charge < -0.3 is 19.7 Å². The lowest BCUT2D eigenvalue weighted by Crippen LogP contribution is -2.52. The summed E-state index contributed by atoms with van der Waals surface area (Å²) in [6.07, 6.45) is 0. The summed E-state index contributed by atoms with van der Waals surface area (Å²) in [5.41, 5.74) is 0.109. The van der Waals surface area contributed by atoms with Crippen molar-refractivity contribution in [2.75, 3.05) is 25.3 Å². The molecule has 6 nitrogen and oxygen atoms in total. The number of halogens is 1. The van der Waals surface area contributed by atoms with Crippen molar-refractivity contribution in [1.82, 2.24) is 10.2 Å². The molecule has 0 saturated carbocycles. The molecule has 0 spiro atoms. The highest BCUT2D eigenvalue weighted by atomic mass is 79.9. The quantitative estimate of drug-likeness (QED) is 0.754. The third kappa shape index (κ3) is 4.85. The van der Waals surface area contributed by atoms with Gasteiger partial charge in [0.2, 0.25) is 5.91 Å². The van der Waals surface area contributed by atoms with Gasteiger partial charge in [0.05, 0.1) is 24.1 Å². The zero-order chi connectivity index (χ0) is 19.5. The number of amides is 2. The molecule has 1 heterocycles. The molecule has 1 aliphatic heterocycles. The van der Waals surface area contributed by atoms with Gasteiger partial charge in [0.1, 0.15) is 6.04 Å². The minimum atomic E-state index is -0.483. The van der Waals surface area contributed by atoms with Gasteiger partial charge in [0, 0.05) is 16.9 Å². The number of hydrogen-bond donors (Lipinski definition) is 1. The standard InChI is InChI=1S/C18H25BrN2O4S/c1-6-25-15-12(19)7-11(8-14(15)24-5)17(23)21-10-26-9-13(21)16(22)20-18(2,3)4/h7-8,13H,6,9-10H2,1-5H3,(H,20,22). The molecule has 2 amide bonds. The third-order valence-corrected chi connectivity index (χ3v) is 5.31. The van der Waals surface area contributed by atoms with E-state index < -0.39 is 6.04 Å². The molecular weight excluding hydrogens is 420 g/mol. The maximum atomic E-state index is 13.0. The van der Waals surface area contributed by atoms with Gasteiger partial charge in [0.15, 0.2) is 11.5 Å². The molecule has 1 aromatic carbocycles. The molecular formula is C18H25BrN2O4S. The summed E-state index contributed by atoms with van der Waals surface area (Å²) in [7, 11) is 1.53. The van der Waals surface area contributed by atoms with Crippen molar-refractivity contribution in [2.45, 2.75) is 39.3 Å². The topological polar surface area (TPSA) is 67.9 Å². The lowest BCUT2D eigenvalue weighted by molar-refractivity contribution is -0.125. The Balaban J connectivity index is 2.27. The molecule has 0 radical (unpaired) electrons. The molecule has 1 fully saturated rings. The van der Waals surface area contributed by atoms with E-state index in [0.717, 1.165) is 0 Å². The summed E-state index contributed by atoms with van der Waals surface area (Å²) in [5, 5.41) is 2.96. The van der Waals surface area contributed by atoms with Crippen LogP contribution >= 0.6 is 27.7 Å². The highest BCUT2D eigenvalue weighted by Crippen LogP contribution is 2.37. The molecule has 2 rings (SSSR count). The summed E-state index contributed by atoms with van der Waals surface area (Å²) >= 11 is 5.01. The minimum Gasteiger partial charge on any atom is -0.493 e. The van der Waals surface area contributed by atoms with E-state index in [0.29, 0.717) is 39.8 Å². The second kappa shape index (κ2) is 8.52. The second-order valence-corrected chi connectivity index (χ2v) is 8.81. The monoisotopic (exact) mass is 444 g/mol. The number of benzene rings is 1. The predicted octanol–water partition coefficient (Wildman–Crippen LogP) is 3.29. The fraction of sp³-hybridized carbons (Fsp3) is 0.556. The number of carbonyl (C=O) groups excluding carboxylic acids is 2. The van der Waals surface area contributed by atoms with Crippen molar-refractivity contribution >= 4 is 39.5 Å². The first kappa shape index (κ1) is 20.9.